The van der Waals surface area contributed by atoms with E-state index < -0.39 is 0 Å². The van der Waals surface area contributed by atoms with Gasteiger partial charge in [0.05, 0.1) is 6.20 Å². The molecule has 0 unspecified atom stereocenters. The average Bonchev–Trinajstić information content (AvgIpc) is 2.80. The molecule has 6 nitrogen and oxygen atoms in total. The smallest absolute Gasteiger partial charge is 0.264 e. The summed E-state index contributed by atoms with van der Waals surface area (Å²) in [5.74, 6) is -0.274. The number of nitrogens with one attached hydrogen (secondary N) is 2. The van der Waals surface area contributed by atoms with Crippen molar-refractivity contribution in [3.63, 3.8) is 0 Å². The Kier molecular flexibility index (Phi) is 3.52. The lowest BCUT2D eigenvalue weighted by Gasteiger charge is -2.06. The Hall–Kier alpha value is -2.02. The van der Waals surface area contributed by atoms with Gasteiger partial charge in [0.25, 0.3) is 11.5 Å². The van der Waals surface area contributed by atoms with E-state index in [0.29, 0.717) is 10.4 Å². The predicted octanol–water partition coefficient (Wildman–Crippen LogP) is 0.773. The fourth-order valence-corrected chi connectivity index (χ4v) is 2.06. The summed E-state index contributed by atoms with van der Waals surface area (Å²) < 4.78 is 3.61. The Balaban J connectivity index is 2.12. The van der Waals surface area contributed by atoms with Crippen LogP contribution < -0.4 is 10.9 Å². The van der Waals surface area contributed by atoms with Gasteiger partial charge in [0.2, 0.25) is 0 Å². The Morgan fingerprint density at radius 3 is 2.89 bits per heavy atom. The Bertz CT molecular complexity index is 618. The van der Waals surface area contributed by atoms with E-state index in [2.05, 4.69) is 19.9 Å². The van der Waals surface area contributed by atoms with Crippen LogP contribution in [0.15, 0.2) is 17.1 Å². The summed E-state index contributed by atoms with van der Waals surface area (Å²) in [6.45, 7) is 3.86. The first-order valence-corrected chi connectivity index (χ1v) is 6.10. The van der Waals surface area contributed by atoms with Crippen LogP contribution >= 0.6 is 11.5 Å². The van der Waals surface area contributed by atoms with E-state index in [-0.39, 0.29) is 18.0 Å². The van der Waals surface area contributed by atoms with Crippen molar-refractivity contribution >= 4 is 17.4 Å². The first-order valence-electron chi connectivity index (χ1n) is 5.33. The molecular weight excluding hydrogens is 252 g/mol. The number of carbonyl (C=O) groups is 1. The van der Waals surface area contributed by atoms with Gasteiger partial charge >= 0.3 is 0 Å². The fraction of sp³-hybridized carbons (Fsp3) is 0.273. The molecule has 0 atom stereocenters. The van der Waals surface area contributed by atoms with Crippen molar-refractivity contribution in [2.45, 2.75) is 20.4 Å². The highest BCUT2D eigenvalue weighted by Crippen LogP contribution is 2.05. The molecule has 0 spiro atoms. The third-order valence-electron chi connectivity index (χ3n) is 2.50. The van der Waals surface area contributed by atoms with Crippen LogP contribution in [0.3, 0.4) is 0 Å². The fourth-order valence-electron chi connectivity index (χ4n) is 1.62. The quantitative estimate of drug-likeness (QED) is 0.857. The van der Waals surface area contributed by atoms with E-state index in [4.69, 9.17) is 0 Å². The molecule has 0 saturated heterocycles. The topological polar surface area (TPSA) is 87.7 Å². The number of aromatic nitrogens is 3. The van der Waals surface area contributed by atoms with Gasteiger partial charge in [0.15, 0.2) is 0 Å². The van der Waals surface area contributed by atoms with Crippen LogP contribution in [-0.2, 0) is 6.54 Å². The molecule has 0 aliphatic carbocycles. The van der Waals surface area contributed by atoms with E-state index in [1.54, 1.807) is 0 Å². The molecule has 0 bridgehead atoms. The van der Waals surface area contributed by atoms with Crippen LogP contribution in [0, 0.1) is 13.8 Å². The average molecular weight is 264 g/mol. The molecule has 0 radical (unpaired) electrons. The molecule has 18 heavy (non-hydrogen) atoms. The standard InChI is InChI=1S/C11H12N4O2S/c1-6-3-7(2)14-10(16)8(6)4-12-11(17)9-5-13-15-18-9/h3,5H,4H2,1-2H3,(H,12,17)(H,14,16). The summed E-state index contributed by atoms with van der Waals surface area (Å²) in [5, 5.41) is 6.26. The van der Waals surface area contributed by atoms with Gasteiger partial charge < -0.3 is 10.3 Å². The monoisotopic (exact) mass is 264 g/mol. The number of aryl methyl sites for hydroxylation is 2. The first-order chi connectivity index (χ1) is 8.58. The molecule has 94 valence electrons. The maximum absolute atomic E-state index is 11.7. The molecule has 0 aliphatic heterocycles. The van der Waals surface area contributed by atoms with Gasteiger partial charge in [-0.3, -0.25) is 9.59 Å². The summed E-state index contributed by atoms with van der Waals surface area (Å²) in [4.78, 5) is 26.5. The van der Waals surface area contributed by atoms with Gasteiger partial charge in [-0.1, -0.05) is 4.49 Å². The molecule has 0 aliphatic rings. The molecular formula is C11H12N4O2S. The van der Waals surface area contributed by atoms with Crippen molar-refractivity contribution < 1.29 is 4.79 Å². The van der Waals surface area contributed by atoms with Crippen LogP contribution in [0.1, 0.15) is 26.5 Å². The van der Waals surface area contributed by atoms with Crippen molar-refractivity contribution in [2.24, 2.45) is 0 Å². The van der Waals surface area contributed by atoms with Gasteiger partial charge in [0, 0.05) is 17.8 Å². The van der Waals surface area contributed by atoms with E-state index in [0.717, 1.165) is 22.8 Å². The van der Waals surface area contributed by atoms with Gasteiger partial charge in [-0.25, -0.2) is 0 Å². The maximum Gasteiger partial charge on any atom is 0.264 e. The summed E-state index contributed by atoms with van der Waals surface area (Å²) in [6.07, 6.45) is 1.40. The maximum atomic E-state index is 11.7. The zero-order valence-corrected chi connectivity index (χ0v) is 10.8. The van der Waals surface area contributed by atoms with Crippen molar-refractivity contribution in [1.29, 1.82) is 0 Å². The summed E-state index contributed by atoms with van der Waals surface area (Å²) in [5.41, 5.74) is 2.06. The number of hydrogen-bond acceptors (Lipinski definition) is 5. The van der Waals surface area contributed by atoms with Crippen molar-refractivity contribution in [3.8, 4) is 0 Å². The third kappa shape index (κ3) is 2.62. The molecule has 2 aromatic heterocycles. The van der Waals surface area contributed by atoms with E-state index in [9.17, 15) is 9.59 Å². The summed E-state index contributed by atoms with van der Waals surface area (Å²) in [6, 6.07) is 1.87. The van der Waals surface area contributed by atoms with E-state index >= 15 is 0 Å². The number of aromatic amines is 1. The third-order valence-corrected chi connectivity index (χ3v) is 3.17. The molecule has 2 rings (SSSR count). The number of rotatable bonds is 3. The lowest BCUT2D eigenvalue weighted by molar-refractivity contribution is 0.0954. The molecule has 1 amide bonds. The molecule has 0 fully saturated rings. The second-order valence-electron chi connectivity index (χ2n) is 3.91. The SMILES string of the molecule is Cc1cc(C)c(CNC(=O)c2cnns2)c(=O)[nH]1. The lowest BCUT2D eigenvalue weighted by atomic mass is 10.1. The number of carbonyl (C=O) groups excluding carboxylic acids is 1. The van der Waals surface area contributed by atoms with Gasteiger partial charge in [-0.05, 0) is 37.0 Å². The molecule has 0 saturated carbocycles. The van der Waals surface area contributed by atoms with Gasteiger partial charge in [-0.15, -0.1) is 5.10 Å². The van der Waals surface area contributed by atoms with Crippen LogP contribution in [0.4, 0.5) is 0 Å². The largest absolute Gasteiger partial charge is 0.347 e. The summed E-state index contributed by atoms with van der Waals surface area (Å²) in [7, 11) is 0. The molecule has 2 aromatic rings. The van der Waals surface area contributed by atoms with Crippen LogP contribution in [0.25, 0.3) is 0 Å². The highest BCUT2D eigenvalue weighted by molar-refractivity contribution is 7.07. The van der Waals surface area contributed by atoms with E-state index in [1.165, 1.54) is 6.20 Å². The number of pyridine rings is 1. The second-order valence-corrected chi connectivity index (χ2v) is 4.69. The zero-order valence-electron chi connectivity index (χ0n) is 9.98. The number of H-pyrrole nitrogens is 1. The Morgan fingerprint density at radius 2 is 2.28 bits per heavy atom. The highest BCUT2D eigenvalue weighted by Gasteiger charge is 2.10. The minimum absolute atomic E-state index is 0.171. The van der Waals surface area contributed by atoms with Crippen molar-refractivity contribution in [1.82, 2.24) is 19.9 Å². The van der Waals surface area contributed by atoms with Crippen LogP contribution in [0.5, 0.6) is 0 Å². The number of hydrogen-bond donors (Lipinski definition) is 2. The summed E-state index contributed by atoms with van der Waals surface area (Å²) >= 11 is 1.02. The normalized spacial score (nSPS) is 10.3. The van der Waals surface area contributed by atoms with Crippen LogP contribution in [-0.4, -0.2) is 20.5 Å². The predicted molar refractivity (Wildman–Crippen MR) is 67.6 cm³/mol. The van der Waals surface area contributed by atoms with Crippen LogP contribution in [0.2, 0.25) is 0 Å². The van der Waals surface area contributed by atoms with Crippen molar-refractivity contribution in [2.75, 3.05) is 0 Å². The number of nitrogens with zero attached hydrogens (tertiary/aromatic N) is 2. The Morgan fingerprint density at radius 1 is 1.50 bits per heavy atom. The molecule has 7 heteroatoms. The minimum Gasteiger partial charge on any atom is -0.347 e. The van der Waals surface area contributed by atoms with Crippen molar-refractivity contribution in [3.05, 3.63) is 44.3 Å². The highest BCUT2D eigenvalue weighted by atomic mass is 32.1. The Labute approximate surface area is 107 Å². The number of amides is 1. The van der Waals surface area contributed by atoms with E-state index in [1.807, 2.05) is 19.9 Å². The first kappa shape index (κ1) is 12.4. The lowest BCUT2D eigenvalue weighted by Crippen LogP contribution is -2.27. The van der Waals surface area contributed by atoms with Gasteiger partial charge in [0.1, 0.15) is 4.88 Å². The minimum atomic E-state index is -0.274. The molecule has 2 heterocycles. The molecule has 0 aromatic carbocycles. The second kappa shape index (κ2) is 5.09. The zero-order chi connectivity index (χ0) is 13.1. The van der Waals surface area contributed by atoms with Gasteiger partial charge in [-0.2, -0.15) is 0 Å². The molecule has 2 N–H and O–H groups in total.